The van der Waals surface area contributed by atoms with Gasteiger partial charge in [0.2, 0.25) is 0 Å². The normalized spacial score (nSPS) is 23.0. The summed E-state index contributed by atoms with van der Waals surface area (Å²) in [4.78, 5) is 33.9. The second kappa shape index (κ2) is 8.49. The van der Waals surface area contributed by atoms with Gasteiger partial charge in [0.1, 0.15) is 6.04 Å². The summed E-state index contributed by atoms with van der Waals surface area (Å²) in [7, 11) is 1.24. The number of carboxylic acids is 1. The summed E-state index contributed by atoms with van der Waals surface area (Å²) in [6.45, 7) is 2.18. The van der Waals surface area contributed by atoms with E-state index in [-0.39, 0.29) is 18.9 Å². The number of hydrogen-bond acceptors (Lipinski definition) is 4. The fourth-order valence-electron chi connectivity index (χ4n) is 2.41. The molecule has 0 aromatic heterocycles. The van der Waals surface area contributed by atoms with Gasteiger partial charge in [-0.05, 0) is 38.0 Å². The number of hydrogen-bond donors (Lipinski definition) is 3. The van der Waals surface area contributed by atoms with Gasteiger partial charge in [-0.15, -0.1) is 0 Å². The summed E-state index contributed by atoms with van der Waals surface area (Å²) in [5.41, 5.74) is 0. The second-order valence-corrected chi connectivity index (χ2v) is 5.58. The molecule has 120 valence electrons. The van der Waals surface area contributed by atoms with Gasteiger partial charge in [0.05, 0.1) is 7.11 Å². The average molecular weight is 300 g/mol. The van der Waals surface area contributed by atoms with Crippen LogP contribution in [0.5, 0.6) is 0 Å². The highest BCUT2D eigenvalue weighted by atomic mass is 16.5. The van der Waals surface area contributed by atoms with Crippen LogP contribution < -0.4 is 10.6 Å². The van der Waals surface area contributed by atoms with Crippen LogP contribution >= 0.6 is 0 Å². The van der Waals surface area contributed by atoms with Crippen LogP contribution in [0.3, 0.4) is 0 Å². The predicted octanol–water partition coefficient (Wildman–Crippen LogP) is 1.27. The first kappa shape index (κ1) is 17.3. The van der Waals surface area contributed by atoms with E-state index in [0.717, 1.165) is 25.7 Å². The zero-order chi connectivity index (χ0) is 15.8. The highest BCUT2D eigenvalue weighted by Gasteiger charge is 2.24. The highest BCUT2D eigenvalue weighted by molar-refractivity contribution is 5.83. The number of carboxylic acid groups (broad SMARTS) is 1. The first-order valence-corrected chi connectivity index (χ1v) is 7.29. The third kappa shape index (κ3) is 6.46. The number of rotatable bonds is 6. The molecule has 0 unspecified atom stereocenters. The van der Waals surface area contributed by atoms with Crippen molar-refractivity contribution in [2.24, 2.45) is 5.92 Å². The number of amides is 2. The zero-order valence-electron chi connectivity index (χ0n) is 12.6. The van der Waals surface area contributed by atoms with E-state index in [0.29, 0.717) is 5.92 Å². The first-order chi connectivity index (χ1) is 9.92. The van der Waals surface area contributed by atoms with Crippen molar-refractivity contribution in [1.82, 2.24) is 10.6 Å². The monoisotopic (exact) mass is 300 g/mol. The van der Waals surface area contributed by atoms with Gasteiger partial charge in [-0.2, -0.15) is 0 Å². The third-order valence-electron chi connectivity index (χ3n) is 3.82. The minimum atomic E-state index is -1.16. The lowest BCUT2D eigenvalue weighted by Gasteiger charge is -2.27. The predicted molar refractivity (Wildman–Crippen MR) is 75.8 cm³/mol. The van der Waals surface area contributed by atoms with Crippen LogP contribution in [0.1, 0.15) is 45.4 Å². The van der Waals surface area contributed by atoms with Crippen LogP contribution in [-0.4, -0.2) is 42.3 Å². The molecule has 2 amide bonds. The lowest BCUT2D eigenvalue weighted by atomic mass is 9.87. The number of aliphatic carboxylic acids is 1. The SMILES string of the molecule is COC(=O)CC[C@@H](NC(=O)NC1CCC(C)CC1)C(=O)O. The molecular weight excluding hydrogens is 276 g/mol. The van der Waals surface area contributed by atoms with Crippen LogP contribution in [0.4, 0.5) is 4.79 Å². The molecule has 1 rings (SSSR count). The Morgan fingerprint density at radius 3 is 2.38 bits per heavy atom. The van der Waals surface area contributed by atoms with Crippen molar-refractivity contribution >= 4 is 18.0 Å². The molecule has 7 nitrogen and oxygen atoms in total. The van der Waals surface area contributed by atoms with Gasteiger partial charge in [0.25, 0.3) is 0 Å². The first-order valence-electron chi connectivity index (χ1n) is 7.29. The number of esters is 1. The van der Waals surface area contributed by atoms with E-state index >= 15 is 0 Å². The van der Waals surface area contributed by atoms with Crippen LogP contribution in [0, 0.1) is 5.92 Å². The van der Waals surface area contributed by atoms with E-state index in [1.54, 1.807) is 0 Å². The summed E-state index contributed by atoms with van der Waals surface area (Å²) in [6.07, 6.45) is 3.92. The summed E-state index contributed by atoms with van der Waals surface area (Å²) < 4.78 is 4.46. The van der Waals surface area contributed by atoms with E-state index in [1.165, 1.54) is 7.11 Å². The number of urea groups is 1. The Kier molecular flexibility index (Phi) is 6.98. The number of nitrogens with one attached hydrogen (secondary N) is 2. The van der Waals surface area contributed by atoms with Crippen molar-refractivity contribution in [1.29, 1.82) is 0 Å². The van der Waals surface area contributed by atoms with Crippen molar-refractivity contribution in [3.63, 3.8) is 0 Å². The highest BCUT2D eigenvalue weighted by Crippen LogP contribution is 2.23. The molecule has 1 fully saturated rings. The molecule has 1 aliphatic rings. The summed E-state index contributed by atoms with van der Waals surface area (Å²) in [6, 6.07) is -1.49. The Hall–Kier alpha value is -1.79. The maximum atomic E-state index is 11.8. The Labute approximate surface area is 124 Å². The molecule has 0 aromatic rings. The molecule has 21 heavy (non-hydrogen) atoms. The van der Waals surface area contributed by atoms with Crippen LogP contribution in [0.2, 0.25) is 0 Å². The number of ether oxygens (including phenoxy) is 1. The topological polar surface area (TPSA) is 105 Å². The van der Waals surface area contributed by atoms with E-state index in [4.69, 9.17) is 5.11 Å². The van der Waals surface area contributed by atoms with Gasteiger partial charge in [-0.25, -0.2) is 9.59 Å². The number of carbonyl (C=O) groups is 3. The van der Waals surface area contributed by atoms with E-state index < -0.39 is 24.0 Å². The van der Waals surface area contributed by atoms with Gasteiger partial charge in [0, 0.05) is 12.5 Å². The number of carbonyl (C=O) groups excluding carboxylic acids is 2. The quantitative estimate of drug-likeness (QED) is 0.641. The van der Waals surface area contributed by atoms with Crippen LogP contribution in [0.15, 0.2) is 0 Å². The summed E-state index contributed by atoms with van der Waals surface area (Å²) in [5.74, 6) is -0.978. The molecule has 7 heteroatoms. The summed E-state index contributed by atoms with van der Waals surface area (Å²) in [5, 5.41) is 14.2. The molecule has 0 aliphatic heterocycles. The smallest absolute Gasteiger partial charge is 0.326 e. The molecule has 1 aliphatic carbocycles. The lowest BCUT2D eigenvalue weighted by Crippen LogP contribution is -2.49. The lowest BCUT2D eigenvalue weighted by molar-refractivity contribution is -0.142. The molecular formula is C14H24N2O5. The van der Waals surface area contributed by atoms with Gasteiger partial charge < -0.3 is 20.5 Å². The number of methoxy groups -OCH3 is 1. The van der Waals surface area contributed by atoms with E-state index in [9.17, 15) is 14.4 Å². The largest absolute Gasteiger partial charge is 0.480 e. The fraction of sp³-hybridized carbons (Fsp3) is 0.786. The summed E-state index contributed by atoms with van der Waals surface area (Å²) >= 11 is 0. The molecule has 0 aromatic carbocycles. The molecule has 0 spiro atoms. The zero-order valence-corrected chi connectivity index (χ0v) is 12.6. The molecule has 3 N–H and O–H groups in total. The standard InChI is InChI=1S/C14H24N2O5/c1-9-3-5-10(6-4-9)15-14(20)16-11(13(18)19)7-8-12(17)21-2/h9-11H,3-8H2,1-2H3,(H,18,19)(H2,15,16,20)/t9?,10?,11-/m1/s1. The molecule has 0 radical (unpaired) electrons. The van der Waals surface area contributed by atoms with E-state index in [2.05, 4.69) is 22.3 Å². The molecule has 1 atom stereocenters. The van der Waals surface area contributed by atoms with Crippen molar-refractivity contribution < 1.29 is 24.2 Å². The Bertz CT molecular complexity index is 378. The van der Waals surface area contributed by atoms with Gasteiger partial charge in [-0.3, -0.25) is 4.79 Å². The second-order valence-electron chi connectivity index (χ2n) is 5.58. The fourth-order valence-corrected chi connectivity index (χ4v) is 2.41. The van der Waals surface area contributed by atoms with Crippen LogP contribution in [0.25, 0.3) is 0 Å². The van der Waals surface area contributed by atoms with Crippen molar-refractivity contribution in [2.75, 3.05) is 7.11 Å². The molecule has 0 bridgehead atoms. The van der Waals surface area contributed by atoms with Gasteiger partial charge >= 0.3 is 18.0 Å². The van der Waals surface area contributed by atoms with Crippen molar-refractivity contribution in [3.05, 3.63) is 0 Å². The maximum absolute atomic E-state index is 11.8. The Balaban J connectivity index is 2.38. The van der Waals surface area contributed by atoms with Crippen molar-refractivity contribution in [3.8, 4) is 0 Å². The molecule has 0 heterocycles. The van der Waals surface area contributed by atoms with E-state index in [1.807, 2.05) is 0 Å². The maximum Gasteiger partial charge on any atom is 0.326 e. The minimum absolute atomic E-state index is 0.0110. The van der Waals surface area contributed by atoms with Crippen LogP contribution in [-0.2, 0) is 14.3 Å². The van der Waals surface area contributed by atoms with Gasteiger partial charge in [0.15, 0.2) is 0 Å². The molecule has 0 saturated heterocycles. The average Bonchev–Trinajstić information content (AvgIpc) is 2.45. The third-order valence-corrected chi connectivity index (χ3v) is 3.82. The minimum Gasteiger partial charge on any atom is -0.480 e. The van der Waals surface area contributed by atoms with Gasteiger partial charge in [-0.1, -0.05) is 6.92 Å². The Morgan fingerprint density at radius 1 is 1.24 bits per heavy atom. The molecule has 1 saturated carbocycles. The Morgan fingerprint density at radius 2 is 1.86 bits per heavy atom. The van der Waals surface area contributed by atoms with Crippen molar-refractivity contribution in [2.45, 2.75) is 57.5 Å².